The summed E-state index contributed by atoms with van der Waals surface area (Å²) >= 11 is 0. The van der Waals surface area contributed by atoms with E-state index in [0.717, 1.165) is 53.6 Å². The van der Waals surface area contributed by atoms with Crippen molar-refractivity contribution in [1.29, 1.82) is 0 Å². The van der Waals surface area contributed by atoms with Gasteiger partial charge in [-0.05, 0) is 68.0 Å². The minimum atomic E-state index is -0.469. The summed E-state index contributed by atoms with van der Waals surface area (Å²) in [5, 5.41) is 12.2. The smallest absolute Gasteiger partial charge is 0.120 e. The Morgan fingerprint density at radius 1 is 1.32 bits per heavy atom. The molecule has 5 atom stereocenters. The topological polar surface area (TPSA) is 45.6 Å². The Bertz CT molecular complexity index is 748. The average molecular weight is 340 g/mol. The first-order valence-corrected chi connectivity index (χ1v) is 9.64. The molecule has 2 bridgehead atoms. The number of fused-ring (bicyclic) bond motifs is 4. The Morgan fingerprint density at radius 2 is 2.20 bits per heavy atom. The number of hydrogen-bond donors (Lipinski definition) is 1. The predicted molar refractivity (Wildman–Crippen MR) is 99.7 cm³/mol. The van der Waals surface area contributed by atoms with E-state index in [-0.39, 0.29) is 6.04 Å². The monoisotopic (exact) mass is 340 g/mol. The maximum atomic E-state index is 11.2. The van der Waals surface area contributed by atoms with Crippen molar-refractivity contribution in [2.24, 2.45) is 11.8 Å². The summed E-state index contributed by atoms with van der Waals surface area (Å²) in [5.74, 6) is 2.41. The molecule has 25 heavy (non-hydrogen) atoms. The van der Waals surface area contributed by atoms with E-state index >= 15 is 0 Å². The zero-order valence-electron chi connectivity index (χ0n) is 15.2. The van der Waals surface area contributed by atoms with Crippen LogP contribution in [0.1, 0.15) is 44.8 Å². The molecule has 0 radical (unpaired) electrons. The third-order valence-electron chi connectivity index (χ3n) is 6.20. The Morgan fingerprint density at radius 3 is 2.92 bits per heavy atom. The SMILES string of the molecule is CCOc1ccc2nccc([C@@H](O)[C@H]3C[C@H]4CCN3C[C@@H]4CC)c2c1. The maximum absolute atomic E-state index is 11.2. The van der Waals surface area contributed by atoms with Crippen LogP contribution >= 0.6 is 0 Å². The van der Waals surface area contributed by atoms with E-state index in [1.165, 1.54) is 12.8 Å². The van der Waals surface area contributed by atoms with Gasteiger partial charge in [0.05, 0.1) is 18.2 Å². The summed E-state index contributed by atoms with van der Waals surface area (Å²) in [6, 6.07) is 8.16. The average Bonchev–Trinajstić information content (AvgIpc) is 2.67. The molecule has 2 aromatic rings. The van der Waals surface area contributed by atoms with Crippen LogP contribution in [0.5, 0.6) is 5.75 Å². The molecule has 1 unspecified atom stereocenters. The van der Waals surface area contributed by atoms with Crippen LogP contribution < -0.4 is 4.74 Å². The number of pyridine rings is 1. The molecule has 0 aliphatic carbocycles. The van der Waals surface area contributed by atoms with Gasteiger partial charge in [-0.25, -0.2) is 0 Å². The van der Waals surface area contributed by atoms with Gasteiger partial charge in [-0.15, -0.1) is 0 Å². The summed E-state index contributed by atoms with van der Waals surface area (Å²) in [5.41, 5.74) is 1.90. The van der Waals surface area contributed by atoms with Gasteiger partial charge >= 0.3 is 0 Å². The van der Waals surface area contributed by atoms with Gasteiger partial charge in [-0.2, -0.15) is 0 Å². The number of hydrogen-bond acceptors (Lipinski definition) is 4. The van der Waals surface area contributed by atoms with E-state index in [1.54, 1.807) is 0 Å². The molecule has 3 aliphatic heterocycles. The predicted octanol–water partition coefficient (Wildman–Crippen LogP) is 3.79. The molecular weight excluding hydrogens is 312 g/mol. The van der Waals surface area contributed by atoms with Crippen LogP contribution in [0, 0.1) is 11.8 Å². The van der Waals surface area contributed by atoms with E-state index in [0.29, 0.717) is 6.61 Å². The highest BCUT2D eigenvalue weighted by Gasteiger charge is 2.42. The van der Waals surface area contributed by atoms with Crippen LogP contribution in [0.3, 0.4) is 0 Å². The summed E-state index contributed by atoms with van der Waals surface area (Å²) in [7, 11) is 0. The number of aromatic nitrogens is 1. The van der Waals surface area contributed by atoms with Gasteiger partial charge in [0.1, 0.15) is 5.75 Å². The van der Waals surface area contributed by atoms with Gasteiger partial charge in [0.2, 0.25) is 0 Å². The Hall–Kier alpha value is -1.65. The van der Waals surface area contributed by atoms with Crippen molar-refractivity contribution >= 4 is 10.9 Å². The summed E-state index contributed by atoms with van der Waals surface area (Å²) < 4.78 is 5.65. The van der Waals surface area contributed by atoms with Crippen molar-refractivity contribution in [3.63, 3.8) is 0 Å². The first-order chi connectivity index (χ1) is 12.2. The number of rotatable bonds is 5. The first-order valence-electron chi connectivity index (χ1n) is 9.64. The molecule has 4 heteroatoms. The molecule has 0 saturated carbocycles. The first kappa shape index (κ1) is 16.8. The molecule has 5 rings (SSSR count). The molecule has 4 nitrogen and oxygen atoms in total. The van der Waals surface area contributed by atoms with Gasteiger partial charge in [0, 0.05) is 24.2 Å². The van der Waals surface area contributed by atoms with Gasteiger partial charge in [-0.3, -0.25) is 9.88 Å². The van der Waals surface area contributed by atoms with Gasteiger partial charge in [-0.1, -0.05) is 13.3 Å². The van der Waals surface area contributed by atoms with Crippen LogP contribution in [0.4, 0.5) is 0 Å². The molecule has 3 fully saturated rings. The molecule has 0 spiro atoms. The minimum absolute atomic E-state index is 0.225. The lowest BCUT2D eigenvalue weighted by Gasteiger charge is -2.51. The fourth-order valence-corrected chi connectivity index (χ4v) is 4.84. The highest BCUT2D eigenvalue weighted by atomic mass is 16.5. The Balaban J connectivity index is 1.66. The Labute approximate surface area is 149 Å². The molecule has 3 saturated heterocycles. The summed E-state index contributed by atoms with van der Waals surface area (Å²) in [4.78, 5) is 6.98. The highest BCUT2D eigenvalue weighted by molar-refractivity contribution is 5.83. The molecule has 4 heterocycles. The van der Waals surface area contributed by atoms with Crippen molar-refractivity contribution < 1.29 is 9.84 Å². The standard InChI is InChI=1S/C21H28N2O2/c1-3-14-13-23-10-8-15(14)11-20(23)21(24)17-7-9-22-19-6-5-16(25-4-2)12-18(17)19/h5-7,9,12,14-15,20-21,24H,3-4,8,10-11,13H2,1-2H3/t14-,15+,20+,21+/m0/s1. The number of aliphatic hydroxyl groups excluding tert-OH is 1. The van der Waals surface area contributed by atoms with Crippen molar-refractivity contribution in [3.05, 3.63) is 36.0 Å². The molecular formula is C21H28N2O2. The number of aliphatic hydroxyl groups is 1. The van der Waals surface area contributed by atoms with Crippen molar-refractivity contribution in [3.8, 4) is 5.75 Å². The molecule has 1 N–H and O–H groups in total. The number of ether oxygens (including phenoxy) is 1. The van der Waals surface area contributed by atoms with Gasteiger partial charge < -0.3 is 9.84 Å². The van der Waals surface area contributed by atoms with Crippen molar-refractivity contribution in [2.45, 2.75) is 45.3 Å². The van der Waals surface area contributed by atoms with E-state index in [4.69, 9.17) is 4.74 Å². The third kappa shape index (κ3) is 3.02. The van der Waals surface area contributed by atoms with Crippen LogP contribution in [0.15, 0.2) is 30.5 Å². The third-order valence-corrected chi connectivity index (χ3v) is 6.20. The highest BCUT2D eigenvalue weighted by Crippen LogP contribution is 2.42. The minimum Gasteiger partial charge on any atom is -0.494 e. The molecule has 0 amide bonds. The normalized spacial score (nSPS) is 29.7. The fraction of sp³-hybridized carbons (Fsp3) is 0.571. The fourth-order valence-electron chi connectivity index (χ4n) is 4.84. The quantitative estimate of drug-likeness (QED) is 0.899. The zero-order chi connectivity index (χ0) is 17.4. The maximum Gasteiger partial charge on any atom is 0.120 e. The second-order valence-electron chi connectivity index (χ2n) is 7.47. The van der Waals surface area contributed by atoms with E-state index in [2.05, 4.69) is 16.8 Å². The van der Waals surface area contributed by atoms with E-state index in [9.17, 15) is 5.11 Å². The second-order valence-corrected chi connectivity index (χ2v) is 7.47. The van der Waals surface area contributed by atoms with Crippen LogP contribution in [-0.4, -0.2) is 40.7 Å². The van der Waals surface area contributed by atoms with Crippen molar-refractivity contribution in [2.75, 3.05) is 19.7 Å². The van der Waals surface area contributed by atoms with E-state index < -0.39 is 6.10 Å². The number of benzene rings is 1. The van der Waals surface area contributed by atoms with Gasteiger partial charge in [0.15, 0.2) is 0 Å². The van der Waals surface area contributed by atoms with Crippen LogP contribution in [0.2, 0.25) is 0 Å². The summed E-state index contributed by atoms with van der Waals surface area (Å²) in [6.07, 6.45) is 4.98. The molecule has 134 valence electrons. The lowest BCUT2D eigenvalue weighted by Crippen LogP contribution is -2.55. The van der Waals surface area contributed by atoms with Crippen LogP contribution in [-0.2, 0) is 0 Å². The molecule has 3 aliphatic rings. The largest absolute Gasteiger partial charge is 0.494 e. The van der Waals surface area contributed by atoms with E-state index in [1.807, 2.05) is 37.4 Å². The number of nitrogens with zero attached hydrogens (tertiary/aromatic N) is 2. The van der Waals surface area contributed by atoms with Crippen molar-refractivity contribution in [1.82, 2.24) is 9.88 Å². The van der Waals surface area contributed by atoms with Crippen LogP contribution in [0.25, 0.3) is 10.9 Å². The molecule has 1 aromatic carbocycles. The second kappa shape index (κ2) is 6.93. The number of piperidine rings is 3. The lowest BCUT2D eigenvalue weighted by atomic mass is 9.72. The zero-order valence-corrected chi connectivity index (χ0v) is 15.2. The summed E-state index contributed by atoms with van der Waals surface area (Å²) in [6.45, 7) is 7.18. The lowest BCUT2D eigenvalue weighted by molar-refractivity contribution is -0.0562. The van der Waals surface area contributed by atoms with Gasteiger partial charge in [0.25, 0.3) is 0 Å². The molecule has 1 aromatic heterocycles. The Kier molecular flexibility index (Phi) is 4.65.